The highest BCUT2D eigenvalue weighted by Crippen LogP contribution is 2.42. The van der Waals surface area contributed by atoms with Crippen LogP contribution in [-0.2, 0) is 19.7 Å². The van der Waals surface area contributed by atoms with E-state index in [-0.39, 0.29) is 5.82 Å². The van der Waals surface area contributed by atoms with Crippen molar-refractivity contribution in [3.05, 3.63) is 52.7 Å². The minimum absolute atomic E-state index is 0.364. The summed E-state index contributed by atoms with van der Waals surface area (Å²) in [5, 5.41) is 13.8. The zero-order valence-electron chi connectivity index (χ0n) is 14.8. The maximum absolute atomic E-state index is 13.3. The summed E-state index contributed by atoms with van der Waals surface area (Å²) in [5.41, 5.74) is 0.234. The Labute approximate surface area is 160 Å². The molecule has 1 N–H and O–H groups in total. The van der Waals surface area contributed by atoms with E-state index in [0.29, 0.717) is 29.0 Å². The third-order valence-corrected chi connectivity index (χ3v) is 5.75. The number of carbonyl (C=O) groups is 2. The van der Waals surface area contributed by atoms with Crippen molar-refractivity contribution >= 4 is 28.2 Å². The van der Waals surface area contributed by atoms with Crippen LogP contribution in [0.15, 0.2) is 35.7 Å². The van der Waals surface area contributed by atoms with E-state index < -0.39 is 23.4 Å². The van der Waals surface area contributed by atoms with Crippen molar-refractivity contribution in [3.8, 4) is 6.07 Å². The monoisotopic (exact) mass is 386 g/mol. The number of ether oxygens (including phenoxy) is 1. The molecule has 0 unspecified atom stereocenters. The zero-order chi connectivity index (χ0) is 19.4. The zero-order valence-corrected chi connectivity index (χ0v) is 15.6. The molecule has 5 nitrogen and oxygen atoms in total. The largest absolute Gasteiger partial charge is 0.452 e. The van der Waals surface area contributed by atoms with Crippen LogP contribution in [0.2, 0.25) is 0 Å². The van der Waals surface area contributed by atoms with Gasteiger partial charge < -0.3 is 10.1 Å². The smallest absolute Gasteiger partial charge is 0.317 e. The molecule has 1 atom stereocenters. The fraction of sp³-hybridized carbons (Fsp3) is 0.350. The first-order valence-electron chi connectivity index (χ1n) is 8.72. The van der Waals surface area contributed by atoms with E-state index in [9.17, 15) is 14.0 Å². The SMILES string of the molecule is C[C@H](OC(=O)C1(c2ccc(F)cc2)CCCC1)C(=O)Nc1sccc1C#N. The molecule has 1 aromatic carbocycles. The van der Waals surface area contributed by atoms with Gasteiger partial charge in [-0.05, 0) is 48.9 Å². The van der Waals surface area contributed by atoms with E-state index in [4.69, 9.17) is 10.00 Å². The van der Waals surface area contributed by atoms with E-state index in [1.54, 1.807) is 23.6 Å². The molecular formula is C20H19FN2O3S. The van der Waals surface area contributed by atoms with Crippen molar-refractivity contribution in [2.45, 2.75) is 44.1 Å². The number of benzene rings is 1. The summed E-state index contributed by atoms with van der Waals surface area (Å²) in [6.45, 7) is 1.50. The van der Waals surface area contributed by atoms with Crippen LogP contribution in [0.1, 0.15) is 43.7 Å². The molecular weight excluding hydrogens is 367 g/mol. The Morgan fingerprint density at radius 1 is 1.26 bits per heavy atom. The van der Waals surface area contributed by atoms with Gasteiger partial charge in [0.25, 0.3) is 5.91 Å². The van der Waals surface area contributed by atoms with Crippen molar-refractivity contribution in [2.24, 2.45) is 0 Å². The summed E-state index contributed by atoms with van der Waals surface area (Å²) in [4.78, 5) is 25.3. The molecule has 2 aromatic rings. The number of hydrogen-bond acceptors (Lipinski definition) is 5. The lowest BCUT2D eigenvalue weighted by atomic mass is 9.79. The minimum atomic E-state index is -1.01. The van der Waals surface area contributed by atoms with E-state index >= 15 is 0 Å². The molecule has 1 heterocycles. The number of rotatable bonds is 5. The maximum atomic E-state index is 13.3. The van der Waals surface area contributed by atoms with Crippen LogP contribution in [0.3, 0.4) is 0 Å². The molecule has 0 aliphatic heterocycles. The van der Waals surface area contributed by atoms with E-state index in [0.717, 1.165) is 12.8 Å². The number of halogens is 1. The summed E-state index contributed by atoms with van der Waals surface area (Å²) in [6, 6.07) is 9.49. The Morgan fingerprint density at radius 3 is 2.56 bits per heavy atom. The van der Waals surface area contributed by atoms with Gasteiger partial charge in [-0.15, -0.1) is 11.3 Å². The topological polar surface area (TPSA) is 79.2 Å². The molecule has 0 saturated heterocycles. The Kier molecular flexibility index (Phi) is 5.57. The maximum Gasteiger partial charge on any atom is 0.317 e. The molecule has 0 bridgehead atoms. The van der Waals surface area contributed by atoms with Gasteiger partial charge in [0, 0.05) is 0 Å². The number of hydrogen-bond donors (Lipinski definition) is 1. The van der Waals surface area contributed by atoms with Gasteiger partial charge in [0.1, 0.15) is 16.9 Å². The van der Waals surface area contributed by atoms with Gasteiger partial charge in [0.15, 0.2) is 6.10 Å². The van der Waals surface area contributed by atoms with Crippen LogP contribution in [-0.4, -0.2) is 18.0 Å². The standard InChI is InChI=1S/C20H19FN2O3S/c1-13(17(24)23-18-14(12-22)8-11-27-18)26-19(25)20(9-2-3-10-20)15-4-6-16(21)7-5-15/h4-8,11,13H,2-3,9-10H2,1H3,(H,23,24)/t13-/m0/s1. The molecule has 7 heteroatoms. The van der Waals surface area contributed by atoms with Gasteiger partial charge in [0.2, 0.25) is 0 Å². The van der Waals surface area contributed by atoms with Crippen molar-refractivity contribution in [1.82, 2.24) is 0 Å². The number of nitrogens with one attached hydrogen (secondary N) is 1. The molecule has 1 fully saturated rings. The summed E-state index contributed by atoms with van der Waals surface area (Å²) >= 11 is 1.23. The molecule has 1 aromatic heterocycles. The number of esters is 1. The van der Waals surface area contributed by atoms with Crippen LogP contribution in [0.4, 0.5) is 9.39 Å². The fourth-order valence-electron chi connectivity index (χ4n) is 3.39. The van der Waals surface area contributed by atoms with Crippen LogP contribution in [0.25, 0.3) is 0 Å². The average molecular weight is 386 g/mol. The van der Waals surface area contributed by atoms with Crippen LogP contribution < -0.4 is 5.32 Å². The third kappa shape index (κ3) is 3.86. The lowest BCUT2D eigenvalue weighted by molar-refractivity contribution is -0.159. The third-order valence-electron chi connectivity index (χ3n) is 4.92. The van der Waals surface area contributed by atoms with E-state index in [1.165, 1.54) is 30.4 Å². The van der Waals surface area contributed by atoms with Crippen molar-refractivity contribution in [2.75, 3.05) is 5.32 Å². The minimum Gasteiger partial charge on any atom is -0.452 e. The second kappa shape index (κ2) is 7.89. The van der Waals surface area contributed by atoms with Gasteiger partial charge >= 0.3 is 5.97 Å². The first kappa shape index (κ1) is 19.1. The Bertz CT molecular complexity index is 879. The normalized spacial score (nSPS) is 16.3. The summed E-state index contributed by atoms with van der Waals surface area (Å²) < 4.78 is 18.7. The predicted octanol–water partition coefficient (Wildman–Crippen LogP) is 4.14. The molecule has 27 heavy (non-hydrogen) atoms. The van der Waals surface area contributed by atoms with Gasteiger partial charge in [-0.3, -0.25) is 9.59 Å². The quantitative estimate of drug-likeness (QED) is 0.783. The fourth-order valence-corrected chi connectivity index (χ4v) is 4.13. The molecule has 3 rings (SSSR count). The highest BCUT2D eigenvalue weighted by Gasteiger charge is 2.45. The van der Waals surface area contributed by atoms with Gasteiger partial charge in [-0.25, -0.2) is 4.39 Å². The number of nitrogens with zero attached hydrogens (tertiary/aromatic N) is 1. The van der Waals surface area contributed by atoms with E-state index in [2.05, 4.69) is 5.32 Å². The molecule has 1 amide bonds. The second-order valence-electron chi connectivity index (χ2n) is 6.61. The molecule has 0 spiro atoms. The summed E-state index contributed by atoms with van der Waals surface area (Å²) in [6.07, 6.45) is 1.94. The lowest BCUT2D eigenvalue weighted by Gasteiger charge is -2.28. The molecule has 140 valence electrons. The van der Waals surface area contributed by atoms with Gasteiger partial charge in [0.05, 0.1) is 11.0 Å². The van der Waals surface area contributed by atoms with Crippen molar-refractivity contribution < 1.29 is 18.7 Å². The Balaban J connectivity index is 1.73. The van der Waals surface area contributed by atoms with Crippen molar-refractivity contribution in [1.29, 1.82) is 5.26 Å². The highest BCUT2D eigenvalue weighted by atomic mass is 32.1. The number of amides is 1. The Morgan fingerprint density at radius 2 is 1.93 bits per heavy atom. The first-order chi connectivity index (χ1) is 13.0. The molecule has 1 saturated carbocycles. The van der Waals surface area contributed by atoms with Crippen LogP contribution in [0, 0.1) is 17.1 Å². The first-order valence-corrected chi connectivity index (χ1v) is 9.60. The number of thiophene rings is 1. The summed E-state index contributed by atoms with van der Waals surface area (Å²) in [7, 11) is 0. The van der Waals surface area contributed by atoms with Gasteiger partial charge in [-0.1, -0.05) is 25.0 Å². The van der Waals surface area contributed by atoms with E-state index in [1.807, 2.05) is 6.07 Å². The average Bonchev–Trinajstić information content (AvgIpc) is 3.32. The molecule has 1 aliphatic rings. The Hall–Kier alpha value is -2.72. The van der Waals surface area contributed by atoms with Crippen LogP contribution in [0.5, 0.6) is 0 Å². The lowest BCUT2D eigenvalue weighted by Crippen LogP contribution is -2.39. The summed E-state index contributed by atoms with van der Waals surface area (Å²) in [5.74, 6) is -1.33. The molecule has 0 radical (unpaired) electrons. The van der Waals surface area contributed by atoms with Gasteiger partial charge in [-0.2, -0.15) is 5.26 Å². The highest BCUT2D eigenvalue weighted by molar-refractivity contribution is 7.14. The number of anilines is 1. The van der Waals surface area contributed by atoms with Crippen molar-refractivity contribution in [3.63, 3.8) is 0 Å². The number of carbonyl (C=O) groups excluding carboxylic acids is 2. The number of nitriles is 1. The van der Waals surface area contributed by atoms with Crippen LogP contribution >= 0.6 is 11.3 Å². The molecule has 1 aliphatic carbocycles. The predicted molar refractivity (Wildman–Crippen MR) is 99.8 cm³/mol. The second-order valence-corrected chi connectivity index (χ2v) is 7.52.